The van der Waals surface area contributed by atoms with Crippen LogP contribution in [0.1, 0.15) is 44.7 Å². The monoisotopic (exact) mass is 295 g/mol. The molecule has 20 heavy (non-hydrogen) atoms. The molecular formula is C15H25N3OS. The van der Waals surface area contributed by atoms with E-state index in [9.17, 15) is 5.11 Å². The molecule has 1 unspecified atom stereocenters. The molecule has 1 aliphatic carbocycles. The van der Waals surface area contributed by atoms with Gasteiger partial charge in [0.05, 0.1) is 6.61 Å². The molecule has 2 rings (SSSR count). The second-order valence-corrected chi connectivity index (χ2v) is 6.71. The zero-order valence-electron chi connectivity index (χ0n) is 12.4. The minimum Gasteiger partial charge on any atom is -0.394 e. The van der Waals surface area contributed by atoms with Gasteiger partial charge in [0.15, 0.2) is 5.16 Å². The summed E-state index contributed by atoms with van der Waals surface area (Å²) < 4.78 is 0. The first-order valence-electron chi connectivity index (χ1n) is 7.48. The molecule has 1 aliphatic rings. The molecule has 0 bridgehead atoms. The van der Waals surface area contributed by atoms with Gasteiger partial charge in [0.25, 0.3) is 0 Å². The van der Waals surface area contributed by atoms with Crippen molar-refractivity contribution in [3.05, 3.63) is 18.0 Å². The van der Waals surface area contributed by atoms with Crippen molar-refractivity contribution in [2.75, 3.05) is 12.4 Å². The first kappa shape index (κ1) is 15.7. The smallest absolute Gasteiger partial charge is 0.187 e. The van der Waals surface area contributed by atoms with Gasteiger partial charge in [0, 0.05) is 29.2 Å². The molecule has 1 heterocycles. The maximum absolute atomic E-state index is 9.71. The van der Waals surface area contributed by atoms with Crippen LogP contribution in [-0.2, 0) is 0 Å². The summed E-state index contributed by atoms with van der Waals surface area (Å²) in [7, 11) is 0. The SMILES string of the molecule is CCC(CO)(CCCSc1nccc(C)n1)NC1CC1. The van der Waals surface area contributed by atoms with Crippen LogP contribution < -0.4 is 5.32 Å². The van der Waals surface area contributed by atoms with Crippen LogP contribution in [-0.4, -0.2) is 39.0 Å². The third-order valence-corrected chi connectivity index (χ3v) is 4.82. The lowest BCUT2D eigenvalue weighted by molar-refractivity contribution is 0.144. The van der Waals surface area contributed by atoms with Crippen molar-refractivity contribution < 1.29 is 5.11 Å². The highest BCUT2D eigenvalue weighted by atomic mass is 32.2. The molecule has 0 spiro atoms. The predicted molar refractivity (Wildman–Crippen MR) is 83.0 cm³/mol. The minimum atomic E-state index is -0.0881. The maximum atomic E-state index is 9.71. The molecule has 4 nitrogen and oxygen atoms in total. The third kappa shape index (κ3) is 4.72. The van der Waals surface area contributed by atoms with Gasteiger partial charge < -0.3 is 10.4 Å². The number of hydrogen-bond donors (Lipinski definition) is 2. The molecule has 5 heteroatoms. The largest absolute Gasteiger partial charge is 0.394 e. The first-order chi connectivity index (χ1) is 9.67. The average Bonchev–Trinajstić information content (AvgIpc) is 3.26. The summed E-state index contributed by atoms with van der Waals surface area (Å²) in [5.41, 5.74) is 0.922. The van der Waals surface area contributed by atoms with Crippen molar-refractivity contribution in [3.8, 4) is 0 Å². The van der Waals surface area contributed by atoms with Crippen molar-refractivity contribution in [1.82, 2.24) is 15.3 Å². The Morgan fingerprint density at radius 1 is 1.50 bits per heavy atom. The van der Waals surface area contributed by atoms with Gasteiger partial charge in [0.1, 0.15) is 0 Å². The van der Waals surface area contributed by atoms with Gasteiger partial charge in [-0.2, -0.15) is 0 Å². The Morgan fingerprint density at radius 3 is 2.90 bits per heavy atom. The number of aryl methyl sites for hydroxylation is 1. The quantitative estimate of drug-likeness (QED) is 0.416. The lowest BCUT2D eigenvalue weighted by Gasteiger charge is -2.32. The van der Waals surface area contributed by atoms with Crippen LogP contribution in [0.4, 0.5) is 0 Å². The normalized spacial score (nSPS) is 17.9. The summed E-state index contributed by atoms with van der Waals surface area (Å²) in [4.78, 5) is 8.65. The molecule has 1 aromatic rings. The Balaban J connectivity index is 1.75. The molecule has 0 saturated heterocycles. The molecule has 1 saturated carbocycles. The fourth-order valence-electron chi connectivity index (χ4n) is 2.32. The molecule has 1 fully saturated rings. The number of aliphatic hydroxyl groups is 1. The van der Waals surface area contributed by atoms with Crippen molar-refractivity contribution in [1.29, 1.82) is 0 Å². The van der Waals surface area contributed by atoms with E-state index in [1.807, 2.05) is 19.2 Å². The number of nitrogens with zero attached hydrogens (tertiary/aromatic N) is 2. The topological polar surface area (TPSA) is 58.0 Å². The molecule has 0 radical (unpaired) electrons. The summed E-state index contributed by atoms with van der Waals surface area (Å²) >= 11 is 1.70. The van der Waals surface area contributed by atoms with Crippen molar-refractivity contribution in [3.63, 3.8) is 0 Å². The molecule has 2 N–H and O–H groups in total. The third-order valence-electron chi connectivity index (χ3n) is 3.87. The van der Waals surface area contributed by atoms with Crippen molar-refractivity contribution in [2.24, 2.45) is 0 Å². The highest BCUT2D eigenvalue weighted by Crippen LogP contribution is 2.27. The van der Waals surface area contributed by atoms with E-state index in [0.717, 1.165) is 35.9 Å². The Morgan fingerprint density at radius 2 is 2.30 bits per heavy atom. The summed E-state index contributed by atoms with van der Waals surface area (Å²) in [6.07, 6.45) is 7.38. The van der Waals surface area contributed by atoms with Crippen LogP contribution in [0, 0.1) is 6.92 Å². The van der Waals surface area contributed by atoms with Crippen LogP contribution in [0.5, 0.6) is 0 Å². The molecule has 1 atom stereocenters. The van der Waals surface area contributed by atoms with Gasteiger partial charge in [-0.3, -0.25) is 0 Å². The van der Waals surface area contributed by atoms with E-state index < -0.39 is 0 Å². The van der Waals surface area contributed by atoms with E-state index in [1.54, 1.807) is 11.8 Å². The van der Waals surface area contributed by atoms with Crippen LogP contribution >= 0.6 is 11.8 Å². The summed E-state index contributed by atoms with van der Waals surface area (Å²) in [6, 6.07) is 2.55. The van der Waals surface area contributed by atoms with E-state index in [4.69, 9.17) is 0 Å². The van der Waals surface area contributed by atoms with Crippen LogP contribution in [0.25, 0.3) is 0 Å². The second kappa shape index (κ2) is 7.38. The van der Waals surface area contributed by atoms with Gasteiger partial charge in [-0.15, -0.1) is 0 Å². The number of rotatable bonds is 9. The number of aliphatic hydroxyl groups excluding tert-OH is 1. The Kier molecular flexibility index (Phi) is 5.81. The summed E-state index contributed by atoms with van der Waals surface area (Å²) in [6.45, 7) is 4.37. The van der Waals surface area contributed by atoms with Crippen LogP contribution in [0.15, 0.2) is 17.4 Å². The standard InChI is InChI=1S/C15H25N3OS/c1-3-15(11-19,18-13-5-6-13)8-4-10-20-14-16-9-7-12(2)17-14/h7,9,13,18-19H,3-6,8,10-11H2,1-2H3. The highest BCUT2D eigenvalue weighted by molar-refractivity contribution is 7.99. The number of hydrogen-bond acceptors (Lipinski definition) is 5. The zero-order valence-corrected chi connectivity index (χ0v) is 13.2. The fraction of sp³-hybridized carbons (Fsp3) is 0.733. The average molecular weight is 295 g/mol. The highest BCUT2D eigenvalue weighted by Gasteiger charge is 2.33. The molecule has 1 aromatic heterocycles. The molecule has 0 amide bonds. The number of thioether (sulfide) groups is 1. The molecule has 0 aliphatic heterocycles. The molecule has 0 aromatic carbocycles. The fourth-order valence-corrected chi connectivity index (χ4v) is 3.13. The van der Waals surface area contributed by atoms with Crippen LogP contribution in [0.2, 0.25) is 0 Å². The Hall–Kier alpha value is -0.650. The maximum Gasteiger partial charge on any atom is 0.187 e. The predicted octanol–water partition coefficient (Wildman–Crippen LogP) is 2.55. The summed E-state index contributed by atoms with van der Waals surface area (Å²) in [5, 5.41) is 14.2. The molecule has 112 valence electrons. The van der Waals surface area contributed by atoms with E-state index >= 15 is 0 Å². The second-order valence-electron chi connectivity index (χ2n) is 5.64. The van der Waals surface area contributed by atoms with E-state index in [2.05, 4.69) is 22.2 Å². The van der Waals surface area contributed by atoms with Gasteiger partial charge in [-0.25, -0.2) is 9.97 Å². The zero-order chi connectivity index (χ0) is 14.4. The Bertz CT molecular complexity index is 419. The van der Waals surface area contributed by atoms with Gasteiger partial charge in [-0.05, 0) is 45.1 Å². The first-order valence-corrected chi connectivity index (χ1v) is 8.47. The van der Waals surface area contributed by atoms with Crippen molar-refractivity contribution in [2.45, 2.75) is 62.7 Å². The number of nitrogens with one attached hydrogen (secondary N) is 1. The van der Waals surface area contributed by atoms with E-state index in [-0.39, 0.29) is 12.1 Å². The van der Waals surface area contributed by atoms with E-state index in [1.165, 1.54) is 12.8 Å². The minimum absolute atomic E-state index is 0.0881. The molecular weight excluding hydrogens is 270 g/mol. The lowest BCUT2D eigenvalue weighted by atomic mass is 9.91. The number of aromatic nitrogens is 2. The summed E-state index contributed by atoms with van der Waals surface area (Å²) in [5.74, 6) is 0.998. The van der Waals surface area contributed by atoms with Crippen molar-refractivity contribution >= 4 is 11.8 Å². The Labute approximate surface area is 125 Å². The van der Waals surface area contributed by atoms with Gasteiger partial charge >= 0.3 is 0 Å². The van der Waals surface area contributed by atoms with Gasteiger partial charge in [-0.1, -0.05) is 18.7 Å². The lowest BCUT2D eigenvalue weighted by Crippen LogP contribution is -2.49. The van der Waals surface area contributed by atoms with Crippen LogP contribution in [0.3, 0.4) is 0 Å². The van der Waals surface area contributed by atoms with E-state index in [0.29, 0.717) is 6.04 Å². The van der Waals surface area contributed by atoms with Gasteiger partial charge in [0.2, 0.25) is 0 Å².